The summed E-state index contributed by atoms with van der Waals surface area (Å²) in [6.45, 7) is -0.174. The standard InChI is InChI=1S/C21H19BrN4O6S/c1-25(12-18-23-21(24-32-18)13-4-3-5-14(22)10-13)33(29,30)15-6-7-17(31-2)16(11-15)26-19(27)8-9-20(26)28/h3-7,10-11H,8-9,12H2,1-2H3. The maximum Gasteiger partial charge on any atom is 0.243 e. The number of sulfonamides is 1. The zero-order valence-electron chi connectivity index (χ0n) is 17.7. The van der Waals surface area contributed by atoms with Crippen LogP contribution >= 0.6 is 15.9 Å². The SMILES string of the molecule is COc1ccc(S(=O)(=O)N(C)Cc2nc(-c3cccc(Br)c3)no2)cc1N1C(=O)CCC1=O. The highest BCUT2D eigenvalue weighted by Gasteiger charge is 2.34. The molecule has 2 heterocycles. The molecule has 0 aliphatic carbocycles. The van der Waals surface area contributed by atoms with Crippen molar-refractivity contribution < 1.29 is 27.3 Å². The molecule has 1 fully saturated rings. The molecule has 12 heteroatoms. The third-order valence-corrected chi connectivity index (χ3v) is 7.35. The fraction of sp³-hybridized carbons (Fsp3) is 0.238. The lowest BCUT2D eigenvalue weighted by molar-refractivity contribution is -0.121. The van der Waals surface area contributed by atoms with Crippen molar-refractivity contribution in [3.8, 4) is 17.1 Å². The topological polar surface area (TPSA) is 123 Å². The summed E-state index contributed by atoms with van der Waals surface area (Å²) in [6.07, 6.45) is 0.132. The van der Waals surface area contributed by atoms with E-state index in [9.17, 15) is 18.0 Å². The van der Waals surface area contributed by atoms with Crippen LogP contribution in [0, 0.1) is 0 Å². The zero-order chi connectivity index (χ0) is 23.8. The highest BCUT2D eigenvalue weighted by atomic mass is 79.9. The Bertz CT molecular complexity index is 1320. The first kappa shape index (κ1) is 23.1. The van der Waals surface area contributed by atoms with Crippen molar-refractivity contribution in [2.75, 3.05) is 19.1 Å². The monoisotopic (exact) mass is 534 g/mol. The van der Waals surface area contributed by atoms with Crippen LogP contribution in [0.5, 0.6) is 5.75 Å². The highest BCUT2D eigenvalue weighted by molar-refractivity contribution is 9.10. The Hall–Kier alpha value is -3.09. The second-order valence-electron chi connectivity index (χ2n) is 7.24. The number of anilines is 1. The van der Waals surface area contributed by atoms with Gasteiger partial charge in [-0.05, 0) is 30.3 Å². The highest BCUT2D eigenvalue weighted by Crippen LogP contribution is 2.35. The minimum atomic E-state index is -4.02. The Morgan fingerprint density at radius 2 is 1.88 bits per heavy atom. The van der Waals surface area contributed by atoms with Crippen molar-refractivity contribution in [1.82, 2.24) is 14.4 Å². The van der Waals surface area contributed by atoms with E-state index in [2.05, 4.69) is 26.1 Å². The minimum Gasteiger partial charge on any atom is -0.495 e. The van der Waals surface area contributed by atoms with Crippen molar-refractivity contribution in [2.45, 2.75) is 24.3 Å². The van der Waals surface area contributed by atoms with E-state index >= 15 is 0 Å². The Morgan fingerprint density at radius 3 is 2.55 bits per heavy atom. The number of amides is 2. The van der Waals surface area contributed by atoms with Crippen LogP contribution in [0.3, 0.4) is 0 Å². The van der Waals surface area contributed by atoms with Crippen molar-refractivity contribution in [2.24, 2.45) is 0 Å². The number of ether oxygens (including phenoxy) is 1. The molecule has 0 atom stereocenters. The van der Waals surface area contributed by atoms with Crippen LogP contribution in [0.25, 0.3) is 11.4 Å². The molecule has 0 saturated carbocycles. The van der Waals surface area contributed by atoms with Crippen LogP contribution in [0.4, 0.5) is 5.69 Å². The summed E-state index contributed by atoms with van der Waals surface area (Å²) in [5, 5.41) is 3.91. The van der Waals surface area contributed by atoms with E-state index < -0.39 is 21.8 Å². The molecule has 1 aromatic heterocycles. The molecule has 0 spiro atoms. The molecule has 2 amide bonds. The third-order valence-electron chi connectivity index (χ3n) is 5.06. The molecule has 3 aromatic rings. The zero-order valence-corrected chi connectivity index (χ0v) is 20.1. The largest absolute Gasteiger partial charge is 0.495 e. The molecule has 0 unspecified atom stereocenters. The molecule has 1 saturated heterocycles. The quantitative estimate of drug-likeness (QED) is 0.424. The Kier molecular flexibility index (Phi) is 6.32. The molecule has 0 N–H and O–H groups in total. The second kappa shape index (κ2) is 9.04. The molecular weight excluding hydrogens is 516 g/mol. The lowest BCUT2D eigenvalue weighted by Gasteiger charge is -2.20. The molecule has 4 rings (SSSR count). The summed E-state index contributed by atoms with van der Waals surface area (Å²) in [5.41, 5.74) is 0.804. The number of rotatable bonds is 7. The fourth-order valence-corrected chi connectivity index (χ4v) is 4.91. The van der Waals surface area contributed by atoms with Gasteiger partial charge in [0.1, 0.15) is 5.75 Å². The molecule has 172 valence electrons. The summed E-state index contributed by atoms with van der Waals surface area (Å²) in [5.74, 6) is -0.167. The van der Waals surface area contributed by atoms with E-state index in [4.69, 9.17) is 9.26 Å². The number of benzene rings is 2. The fourth-order valence-electron chi connectivity index (χ4n) is 3.37. The summed E-state index contributed by atoms with van der Waals surface area (Å²) in [7, 11) is -1.27. The molecule has 1 aliphatic heterocycles. The van der Waals surface area contributed by atoms with Gasteiger partial charge in [0, 0.05) is 29.9 Å². The Morgan fingerprint density at radius 1 is 1.15 bits per heavy atom. The van der Waals surface area contributed by atoms with Crippen LogP contribution < -0.4 is 9.64 Å². The van der Waals surface area contributed by atoms with Gasteiger partial charge >= 0.3 is 0 Å². The number of methoxy groups -OCH3 is 1. The van der Waals surface area contributed by atoms with Gasteiger partial charge in [0.25, 0.3) is 0 Å². The minimum absolute atomic E-state index is 0.0658. The number of carbonyl (C=O) groups excluding carboxylic acids is 2. The summed E-state index contributed by atoms with van der Waals surface area (Å²) in [4.78, 5) is 29.5. The van der Waals surface area contributed by atoms with E-state index in [-0.39, 0.29) is 41.6 Å². The van der Waals surface area contributed by atoms with Crippen LogP contribution in [0.15, 0.2) is 56.4 Å². The molecule has 0 bridgehead atoms. The number of aromatic nitrogens is 2. The van der Waals surface area contributed by atoms with E-state index in [1.54, 1.807) is 6.07 Å². The van der Waals surface area contributed by atoms with Gasteiger partial charge in [-0.15, -0.1) is 0 Å². The third kappa shape index (κ3) is 4.54. The molecule has 2 aromatic carbocycles. The van der Waals surface area contributed by atoms with Crippen LogP contribution in [-0.2, 0) is 26.2 Å². The molecule has 1 aliphatic rings. The van der Waals surface area contributed by atoms with Crippen molar-refractivity contribution >= 4 is 43.5 Å². The molecule has 0 radical (unpaired) electrons. The average molecular weight is 535 g/mol. The Labute approximate surface area is 198 Å². The van der Waals surface area contributed by atoms with Gasteiger partial charge in [-0.2, -0.15) is 9.29 Å². The second-order valence-corrected chi connectivity index (χ2v) is 10.2. The van der Waals surface area contributed by atoms with Crippen LogP contribution in [0.1, 0.15) is 18.7 Å². The first-order valence-corrected chi connectivity index (χ1v) is 12.0. The van der Waals surface area contributed by atoms with E-state index in [0.717, 1.165) is 13.7 Å². The number of imide groups is 1. The van der Waals surface area contributed by atoms with Gasteiger partial charge in [-0.25, -0.2) is 13.3 Å². The van der Waals surface area contributed by atoms with E-state index in [1.165, 1.54) is 32.4 Å². The van der Waals surface area contributed by atoms with Gasteiger partial charge in [0.05, 0.1) is 24.2 Å². The van der Waals surface area contributed by atoms with Crippen LogP contribution in [0.2, 0.25) is 0 Å². The number of hydrogen-bond acceptors (Lipinski definition) is 8. The van der Waals surface area contributed by atoms with Crippen molar-refractivity contribution in [1.29, 1.82) is 0 Å². The molecular formula is C21H19BrN4O6S. The average Bonchev–Trinajstić information content (AvgIpc) is 3.39. The smallest absolute Gasteiger partial charge is 0.243 e. The first-order chi connectivity index (χ1) is 15.7. The normalized spacial score (nSPS) is 14.4. The summed E-state index contributed by atoms with van der Waals surface area (Å²) in [6, 6.07) is 11.3. The predicted octanol–water partition coefficient (Wildman–Crippen LogP) is 2.98. The van der Waals surface area contributed by atoms with E-state index in [0.29, 0.717) is 11.4 Å². The van der Waals surface area contributed by atoms with Gasteiger partial charge < -0.3 is 9.26 Å². The summed E-state index contributed by atoms with van der Waals surface area (Å²) < 4.78 is 38.7. The number of carbonyl (C=O) groups is 2. The molecule has 10 nitrogen and oxygen atoms in total. The van der Waals surface area contributed by atoms with Gasteiger partial charge in [0.15, 0.2) is 0 Å². The summed E-state index contributed by atoms with van der Waals surface area (Å²) >= 11 is 3.38. The maximum absolute atomic E-state index is 13.2. The Balaban J connectivity index is 1.60. The number of nitrogens with zero attached hydrogens (tertiary/aromatic N) is 4. The predicted molar refractivity (Wildman–Crippen MR) is 121 cm³/mol. The van der Waals surface area contributed by atoms with Gasteiger partial charge in [-0.3, -0.25) is 9.59 Å². The van der Waals surface area contributed by atoms with Crippen molar-refractivity contribution in [3.63, 3.8) is 0 Å². The van der Waals surface area contributed by atoms with Gasteiger partial charge in [-0.1, -0.05) is 33.2 Å². The lowest BCUT2D eigenvalue weighted by atomic mass is 10.2. The van der Waals surface area contributed by atoms with Crippen LogP contribution in [-0.4, -0.2) is 48.8 Å². The number of hydrogen-bond donors (Lipinski definition) is 0. The maximum atomic E-state index is 13.2. The first-order valence-electron chi connectivity index (χ1n) is 9.79. The lowest BCUT2D eigenvalue weighted by Crippen LogP contribution is -2.30. The van der Waals surface area contributed by atoms with Crippen molar-refractivity contribution in [3.05, 3.63) is 52.8 Å². The van der Waals surface area contributed by atoms with Gasteiger partial charge in [0.2, 0.25) is 33.6 Å². The molecule has 33 heavy (non-hydrogen) atoms. The number of halogens is 1. The van der Waals surface area contributed by atoms with E-state index in [1.807, 2.05) is 18.2 Å².